The molecule has 0 spiro atoms. The van der Waals surface area contributed by atoms with Gasteiger partial charge in [0.25, 0.3) is 0 Å². The molecule has 0 aliphatic carbocycles. The molecular weight excluding hydrogens is 224 g/mol. The van der Waals surface area contributed by atoms with Crippen LogP contribution in [0.5, 0.6) is 0 Å². The van der Waals surface area contributed by atoms with Crippen LogP contribution in [0, 0.1) is 10.1 Å². The highest BCUT2D eigenvalue weighted by Gasteiger charge is 2.12. The molecule has 0 bridgehead atoms. The lowest BCUT2D eigenvalue weighted by atomic mass is 10.2. The van der Waals surface area contributed by atoms with Crippen molar-refractivity contribution >= 4 is 21.7 Å². The standard InChI is InChI=1S/C7H7BrN2O2/c1-2-5-3-6(8)7(9-4-5)10(11)12/h3-4H,2H2,1H3. The average Bonchev–Trinajstić information content (AvgIpc) is 2.03. The first-order chi connectivity index (χ1) is 5.65. The summed E-state index contributed by atoms with van der Waals surface area (Å²) in [4.78, 5) is 13.5. The summed E-state index contributed by atoms with van der Waals surface area (Å²) in [6, 6.07) is 1.71. The summed E-state index contributed by atoms with van der Waals surface area (Å²) in [5.74, 6) is -0.132. The second-order valence-electron chi connectivity index (χ2n) is 2.26. The van der Waals surface area contributed by atoms with Gasteiger partial charge in [-0.3, -0.25) is 0 Å². The molecule has 12 heavy (non-hydrogen) atoms. The van der Waals surface area contributed by atoms with Crippen LogP contribution in [0.15, 0.2) is 16.7 Å². The Hall–Kier alpha value is -0.970. The van der Waals surface area contributed by atoms with Crippen molar-refractivity contribution in [2.24, 2.45) is 0 Å². The van der Waals surface area contributed by atoms with Crippen molar-refractivity contribution in [1.29, 1.82) is 0 Å². The topological polar surface area (TPSA) is 56.0 Å². The van der Waals surface area contributed by atoms with Crippen LogP contribution >= 0.6 is 15.9 Å². The Morgan fingerprint density at radius 2 is 2.42 bits per heavy atom. The van der Waals surface area contributed by atoms with Gasteiger partial charge < -0.3 is 10.1 Å². The van der Waals surface area contributed by atoms with Crippen molar-refractivity contribution in [3.8, 4) is 0 Å². The highest BCUT2D eigenvalue weighted by atomic mass is 79.9. The molecule has 5 heteroatoms. The summed E-state index contributed by atoms with van der Waals surface area (Å²) in [6.45, 7) is 1.97. The van der Waals surface area contributed by atoms with E-state index in [2.05, 4.69) is 20.9 Å². The van der Waals surface area contributed by atoms with Crippen molar-refractivity contribution in [2.45, 2.75) is 13.3 Å². The van der Waals surface area contributed by atoms with Crippen LogP contribution in [0.2, 0.25) is 0 Å². The van der Waals surface area contributed by atoms with Crippen LogP contribution in [-0.4, -0.2) is 9.91 Å². The molecule has 0 unspecified atom stereocenters. The molecule has 1 aromatic heterocycles. The summed E-state index contributed by atoms with van der Waals surface area (Å²) in [6.07, 6.45) is 2.34. The summed E-state index contributed by atoms with van der Waals surface area (Å²) in [5, 5.41) is 10.3. The number of aryl methyl sites for hydroxylation is 1. The quantitative estimate of drug-likeness (QED) is 0.579. The Bertz CT molecular complexity index is 314. The van der Waals surface area contributed by atoms with Crippen LogP contribution < -0.4 is 0 Å². The number of halogens is 1. The fourth-order valence-corrected chi connectivity index (χ4v) is 1.34. The molecule has 0 saturated heterocycles. The maximum absolute atomic E-state index is 10.3. The van der Waals surface area contributed by atoms with Gasteiger partial charge in [-0.2, -0.15) is 0 Å². The number of hydrogen-bond acceptors (Lipinski definition) is 3. The first-order valence-electron chi connectivity index (χ1n) is 3.44. The highest BCUT2D eigenvalue weighted by Crippen LogP contribution is 2.22. The Kier molecular flexibility index (Phi) is 2.75. The molecule has 0 radical (unpaired) electrons. The molecule has 4 nitrogen and oxygen atoms in total. The van der Waals surface area contributed by atoms with Crippen molar-refractivity contribution in [2.75, 3.05) is 0 Å². The third kappa shape index (κ3) is 1.79. The van der Waals surface area contributed by atoms with E-state index in [0.717, 1.165) is 12.0 Å². The van der Waals surface area contributed by atoms with Gasteiger partial charge >= 0.3 is 5.82 Å². The first-order valence-corrected chi connectivity index (χ1v) is 4.23. The normalized spacial score (nSPS) is 9.83. The lowest BCUT2D eigenvalue weighted by Crippen LogP contribution is -1.94. The molecule has 0 atom stereocenters. The lowest BCUT2D eigenvalue weighted by Gasteiger charge is -1.96. The molecule has 1 rings (SSSR count). The van der Waals surface area contributed by atoms with Gasteiger partial charge in [0.05, 0.1) is 0 Å². The maximum Gasteiger partial charge on any atom is 0.377 e. The van der Waals surface area contributed by atoms with Crippen molar-refractivity contribution in [3.05, 3.63) is 32.4 Å². The molecule has 0 N–H and O–H groups in total. The SMILES string of the molecule is CCc1cnc([N+](=O)[O-])c(Br)c1. The third-order valence-corrected chi connectivity index (χ3v) is 2.04. The Balaban J connectivity index is 3.12. The van der Waals surface area contributed by atoms with Crippen LogP contribution in [0.3, 0.4) is 0 Å². The smallest absolute Gasteiger partial charge is 0.358 e. The summed E-state index contributed by atoms with van der Waals surface area (Å²) in [7, 11) is 0. The number of nitrogens with zero attached hydrogens (tertiary/aromatic N) is 2. The van der Waals surface area contributed by atoms with Gasteiger partial charge in [-0.05, 0) is 43.9 Å². The number of rotatable bonds is 2. The molecule has 1 heterocycles. The monoisotopic (exact) mass is 230 g/mol. The van der Waals surface area contributed by atoms with Gasteiger partial charge in [0.15, 0.2) is 0 Å². The van der Waals surface area contributed by atoms with E-state index in [4.69, 9.17) is 0 Å². The highest BCUT2D eigenvalue weighted by molar-refractivity contribution is 9.10. The van der Waals surface area contributed by atoms with E-state index in [-0.39, 0.29) is 5.82 Å². The van der Waals surface area contributed by atoms with E-state index >= 15 is 0 Å². The molecule has 0 saturated carbocycles. The molecule has 0 fully saturated rings. The Morgan fingerprint density at radius 1 is 1.75 bits per heavy atom. The largest absolute Gasteiger partial charge is 0.377 e. The van der Waals surface area contributed by atoms with E-state index in [1.165, 1.54) is 6.20 Å². The first kappa shape index (κ1) is 9.12. The molecule has 0 aliphatic heterocycles. The van der Waals surface area contributed by atoms with Crippen LogP contribution in [-0.2, 0) is 6.42 Å². The fraction of sp³-hybridized carbons (Fsp3) is 0.286. The van der Waals surface area contributed by atoms with Gasteiger partial charge in [-0.15, -0.1) is 0 Å². The van der Waals surface area contributed by atoms with E-state index < -0.39 is 4.92 Å². The van der Waals surface area contributed by atoms with Gasteiger partial charge in [-0.25, -0.2) is 0 Å². The molecule has 0 aliphatic rings. The van der Waals surface area contributed by atoms with Crippen molar-refractivity contribution in [3.63, 3.8) is 0 Å². The third-order valence-electron chi connectivity index (χ3n) is 1.46. The molecular formula is C7H7BrN2O2. The van der Waals surface area contributed by atoms with E-state index in [1.54, 1.807) is 6.07 Å². The predicted molar refractivity (Wildman–Crippen MR) is 48.0 cm³/mol. The molecule has 0 amide bonds. The number of pyridine rings is 1. The minimum atomic E-state index is -0.510. The molecule has 1 aromatic rings. The van der Waals surface area contributed by atoms with Crippen molar-refractivity contribution < 1.29 is 4.92 Å². The van der Waals surface area contributed by atoms with Gasteiger partial charge in [0.2, 0.25) is 0 Å². The zero-order chi connectivity index (χ0) is 9.14. The average molecular weight is 231 g/mol. The summed E-state index contributed by atoms with van der Waals surface area (Å²) >= 11 is 3.08. The fourth-order valence-electron chi connectivity index (χ4n) is 0.798. The number of aromatic nitrogens is 1. The van der Waals surface area contributed by atoms with Crippen LogP contribution in [0.1, 0.15) is 12.5 Å². The molecule has 0 aromatic carbocycles. The maximum atomic E-state index is 10.3. The van der Waals surface area contributed by atoms with Gasteiger partial charge in [-0.1, -0.05) is 6.92 Å². The zero-order valence-electron chi connectivity index (χ0n) is 6.45. The van der Waals surface area contributed by atoms with E-state index in [0.29, 0.717) is 4.47 Å². The van der Waals surface area contributed by atoms with Crippen LogP contribution in [0.4, 0.5) is 5.82 Å². The van der Waals surface area contributed by atoms with E-state index in [9.17, 15) is 10.1 Å². The molecule has 64 valence electrons. The lowest BCUT2D eigenvalue weighted by molar-refractivity contribution is -0.390. The van der Waals surface area contributed by atoms with Crippen molar-refractivity contribution in [1.82, 2.24) is 4.98 Å². The zero-order valence-corrected chi connectivity index (χ0v) is 8.04. The summed E-state index contributed by atoms with van der Waals surface area (Å²) < 4.78 is 0.437. The Morgan fingerprint density at radius 3 is 2.83 bits per heavy atom. The number of hydrogen-bond donors (Lipinski definition) is 0. The second kappa shape index (κ2) is 3.62. The second-order valence-corrected chi connectivity index (χ2v) is 3.11. The minimum absolute atomic E-state index is 0.132. The number of nitro groups is 1. The Labute approximate surface area is 77.9 Å². The van der Waals surface area contributed by atoms with E-state index in [1.807, 2.05) is 6.92 Å². The predicted octanol–water partition coefficient (Wildman–Crippen LogP) is 2.31. The van der Waals surface area contributed by atoms with Crippen LogP contribution in [0.25, 0.3) is 0 Å². The minimum Gasteiger partial charge on any atom is -0.358 e. The van der Waals surface area contributed by atoms with Gasteiger partial charge in [0, 0.05) is 0 Å². The summed E-state index contributed by atoms with van der Waals surface area (Å²) in [5.41, 5.74) is 0.979. The van der Waals surface area contributed by atoms with Gasteiger partial charge in [0.1, 0.15) is 10.7 Å².